The van der Waals surface area contributed by atoms with Crippen LogP contribution in [-0.2, 0) is 10.0 Å². The third-order valence-corrected chi connectivity index (χ3v) is 5.42. The van der Waals surface area contributed by atoms with Gasteiger partial charge in [-0.2, -0.15) is 0 Å². The third kappa shape index (κ3) is 8.93. The van der Waals surface area contributed by atoms with Gasteiger partial charge >= 0.3 is 0 Å². The Morgan fingerprint density at radius 3 is 2.30 bits per heavy atom. The van der Waals surface area contributed by atoms with Crippen molar-refractivity contribution < 1.29 is 8.42 Å². The van der Waals surface area contributed by atoms with E-state index in [1.807, 2.05) is 0 Å². The van der Waals surface area contributed by atoms with E-state index in [4.69, 9.17) is 0 Å². The number of rotatable bonds is 12. The van der Waals surface area contributed by atoms with Gasteiger partial charge in [0.25, 0.3) is 0 Å². The molecule has 1 atom stereocenters. The van der Waals surface area contributed by atoms with Crippen LogP contribution in [0.4, 0.5) is 0 Å². The predicted molar refractivity (Wildman–Crippen MR) is 85.4 cm³/mol. The second kappa shape index (κ2) is 10.6. The van der Waals surface area contributed by atoms with Crippen LogP contribution in [0.1, 0.15) is 71.1 Å². The van der Waals surface area contributed by atoms with Gasteiger partial charge in [-0.1, -0.05) is 51.9 Å². The number of sulfonamides is 1. The Morgan fingerprint density at radius 2 is 1.70 bits per heavy atom. The Morgan fingerprint density at radius 1 is 1.05 bits per heavy atom. The minimum Gasteiger partial charge on any atom is -0.313 e. The van der Waals surface area contributed by atoms with Gasteiger partial charge in [-0.25, -0.2) is 13.1 Å². The molecule has 1 rings (SSSR count). The van der Waals surface area contributed by atoms with Crippen molar-refractivity contribution in [2.24, 2.45) is 0 Å². The Balaban J connectivity index is 1.94. The number of hydrogen-bond acceptors (Lipinski definition) is 3. The van der Waals surface area contributed by atoms with Crippen LogP contribution in [0.15, 0.2) is 0 Å². The first-order valence-electron chi connectivity index (χ1n) is 8.35. The zero-order valence-electron chi connectivity index (χ0n) is 13.0. The lowest BCUT2D eigenvalue weighted by Gasteiger charge is -2.11. The summed E-state index contributed by atoms with van der Waals surface area (Å²) >= 11 is 0. The van der Waals surface area contributed by atoms with Crippen molar-refractivity contribution in [2.75, 3.05) is 18.8 Å². The molecule has 1 fully saturated rings. The fourth-order valence-corrected chi connectivity index (χ4v) is 4.10. The first-order chi connectivity index (χ1) is 9.64. The molecule has 0 bridgehead atoms. The van der Waals surface area contributed by atoms with Crippen molar-refractivity contribution >= 4 is 10.0 Å². The predicted octanol–water partition coefficient (Wildman–Crippen LogP) is 2.80. The van der Waals surface area contributed by atoms with Gasteiger partial charge in [-0.15, -0.1) is 0 Å². The van der Waals surface area contributed by atoms with Gasteiger partial charge in [-0.3, -0.25) is 0 Å². The maximum Gasteiger partial charge on any atom is 0.213 e. The molecule has 0 aromatic rings. The van der Waals surface area contributed by atoms with E-state index in [0.717, 1.165) is 32.2 Å². The Bertz CT molecular complexity index is 325. The smallest absolute Gasteiger partial charge is 0.213 e. The molecular formula is C15H32N2O2S. The van der Waals surface area contributed by atoms with Gasteiger partial charge < -0.3 is 5.32 Å². The quantitative estimate of drug-likeness (QED) is 0.545. The molecule has 1 heterocycles. The molecule has 1 aliphatic heterocycles. The van der Waals surface area contributed by atoms with Crippen LogP contribution in [0.5, 0.6) is 0 Å². The van der Waals surface area contributed by atoms with Crippen LogP contribution in [0.2, 0.25) is 0 Å². The normalized spacial score (nSPS) is 19.6. The number of hydrogen-bond donors (Lipinski definition) is 2. The molecule has 4 nitrogen and oxygen atoms in total. The summed E-state index contributed by atoms with van der Waals surface area (Å²) in [5.41, 5.74) is 0. The summed E-state index contributed by atoms with van der Waals surface area (Å²) in [4.78, 5) is 0. The van der Waals surface area contributed by atoms with E-state index in [1.165, 1.54) is 38.5 Å². The maximum absolute atomic E-state index is 11.8. The lowest BCUT2D eigenvalue weighted by Crippen LogP contribution is -2.36. The Kier molecular flexibility index (Phi) is 9.48. The molecule has 0 spiro atoms. The van der Waals surface area contributed by atoms with Crippen molar-refractivity contribution in [3.05, 3.63) is 0 Å². The molecule has 0 aromatic carbocycles. The highest BCUT2D eigenvalue weighted by Gasteiger charge is 2.21. The topological polar surface area (TPSA) is 58.2 Å². The lowest BCUT2D eigenvalue weighted by atomic mass is 10.1. The zero-order valence-corrected chi connectivity index (χ0v) is 13.8. The average molecular weight is 305 g/mol. The van der Waals surface area contributed by atoms with Crippen molar-refractivity contribution in [2.45, 2.75) is 77.2 Å². The standard InChI is InChI=1S/C15H32N2O2S/c1-2-3-4-5-6-7-8-9-13-17-20(18,19)14-15-11-10-12-16-15/h15-17H,2-14H2,1H3. The summed E-state index contributed by atoms with van der Waals surface area (Å²) in [5, 5.41) is 3.23. The minimum absolute atomic E-state index is 0.158. The second-order valence-electron chi connectivity index (χ2n) is 5.94. The van der Waals surface area contributed by atoms with E-state index in [2.05, 4.69) is 17.0 Å². The van der Waals surface area contributed by atoms with Crippen LogP contribution in [-0.4, -0.2) is 33.3 Å². The highest BCUT2D eigenvalue weighted by atomic mass is 32.2. The van der Waals surface area contributed by atoms with E-state index in [-0.39, 0.29) is 11.8 Å². The molecule has 1 saturated heterocycles. The van der Waals surface area contributed by atoms with Crippen molar-refractivity contribution in [1.29, 1.82) is 0 Å². The monoisotopic (exact) mass is 304 g/mol. The number of unbranched alkanes of at least 4 members (excludes halogenated alkanes) is 7. The van der Waals surface area contributed by atoms with Crippen molar-refractivity contribution in [3.8, 4) is 0 Å². The van der Waals surface area contributed by atoms with E-state index in [0.29, 0.717) is 6.54 Å². The van der Waals surface area contributed by atoms with Crippen LogP contribution in [0, 0.1) is 0 Å². The first-order valence-corrected chi connectivity index (χ1v) is 10.00. The highest BCUT2D eigenvalue weighted by Crippen LogP contribution is 2.09. The summed E-state index contributed by atoms with van der Waals surface area (Å²) in [6.45, 7) is 3.79. The van der Waals surface area contributed by atoms with Gasteiger partial charge in [0.2, 0.25) is 10.0 Å². The van der Waals surface area contributed by atoms with Gasteiger partial charge in [-0.05, 0) is 25.8 Å². The van der Waals surface area contributed by atoms with Gasteiger partial charge in [0.15, 0.2) is 0 Å². The molecule has 0 saturated carbocycles. The molecule has 20 heavy (non-hydrogen) atoms. The molecule has 0 radical (unpaired) electrons. The van der Waals surface area contributed by atoms with Crippen LogP contribution >= 0.6 is 0 Å². The molecule has 0 amide bonds. The van der Waals surface area contributed by atoms with E-state index < -0.39 is 10.0 Å². The fourth-order valence-electron chi connectivity index (χ4n) is 2.71. The zero-order chi connectivity index (χ0) is 14.7. The highest BCUT2D eigenvalue weighted by molar-refractivity contribution is 7.89. The molecule has 120 valence electrons. The van der Waals surface area contributed by atoms with Gasteiger partial charge in [0, 0.05) is 12.6 Å². The second-order valence-corrected chi connectivity index (χ2v) is 7.80. The SMILES string of the molecule is CCCCCCCCCCNS(=O)(=O)CC1CCCN1. The maximum atomic E-state index is 11.8. The summed E-state index contributed by atoms with van der Waals surface area (Å²) in [6.07, 6.45) is 12.0. The average Bonchev–Trinajstić information content (AvgIpc) is 2.89. The molecular weight excluding hydrogens is 272 g/mol. The number of nitrogens with one attached hydrogen (secondary N) is 2. The Labute approximate surface area is 125 Å². The first kappa shape index (κ1) is 17.9. The molecule has 0 aliphatic carbocycles. The summed E-state index contributed by atoms with van der Waals surface area (Å²) in [6, 6.07) is 0.158. The van der Waals surface area contributed by atoms with Crippen molar-refractivity contribution in [3.63, 3.8) is 0 Å². The van der Waals surface area contributed by atoms with Crippen LogP contribution in [0.25, 0.3) is 0 Å². The lowest BCUT2D eigenvalue weighted by molar-refractivity contribution is 0.550. The summed E-state index contributed by atoms with van der Waals surface area (Å²) in [7, 11) is -3.08. The molecule has 1 aliphatic rings. The van der Waals surface area contributed by atoms with Gasteiger partial charge in [0.1, 0.15) is 0 Å². The molecule has 5 heteroatoms. The van der Waals surface area contributed by atoms with Crippen LogP contribution in [0.3, 0.4) is 0 Å². The fraction of sp³-hybridized carbons (Fsp3) is 1.00. The van der Waals surface area contributed by atoms with E-state index in [9.17, 15) is 8.42 Å². The Hall–Kier alpha value is -0.130. The van der Waals surface area contributed by atoms with Crippen LogP contribution < -0.4 is 10.0 Å². The van der Waals surface area contributed by atoms with E-state index >= 15 is 0 Å². The summed E-state index contributed by atoms with van der Waals surface area (Å²) < 4.78 is 26.4. The summed E-state index contributed by atoms with van der Waals surface area (Å²) in [5.74, 6) is 0.240. The third-order valence-electron chi connectivity index (χ3n) is 3.94. The van der Waals surface area contributed by atoms with Gasteiger partial charge in [0.05, 0.1) is 5.75 Å². The largest absolute Gasteiger partial charge is 0.313 e. The molecule has 0 aromatic heterocycles. The molecule has 1 unspecified atom stereocenters. The molecule has 2 N–H and O–H groups in total. The van der Waals surface area contributed by atoms with E-state index in [1.54, 1.807) is 0 Å². The van der Waals surface area contributed by atoms with Crippen molar-refractivity contribution in [1.82, 2.24) is 10.0 Å². The minimum atomic E-state index is -3.08.